The van der Waals surface area contributed by atoms with Crippen LogP contribution in [-0.2, 0) is 16.0 Å². The fourth-order valence-electron chi connectivity index (χ4n) is 3.23. The van der Waals surface area contributed by atoms with Crippen molar-refractivity contribution in [2.24, 2.45) is 5.92 Å². The molecule has 1 aliphatic heterocycles. The quantitative estimate of drug-likeness (QED) is 0.768. The molecule has 3 rings (SSSR count). The van der Waals surface area contributed by atoms with E-state index in [9.17, 15) is 9.59 Å². The van der Waals surface area contributed by atoms with Crippen molar-refractivity contribution in [2.45, 2.75) is 33.1 Å². The lowest BCUT2D eigenvalue weighted by Crippen LogP contribution is -2.40. The number of ether oxygens (including phenoxy) is 1. The summed E-state index contributed by atoms with van der Waals surface area (Å²) in [6.45, 7) is 5.17. The maximum Gasteiger partial charge on any atom is 0.308 e. The van der Waals surface area contributed by atoms with Gasteiger partial charge in [0.25, 0.3) is 5.91 Å². The van der Waals surface area contributed by atoms with Crippen molar-refractivity contribution in [1.82, 2.24) is 9.88 Å². The van der Waals surface area contributed by atoms with Gasteiger partial charge in [0.05, 0.1) is 18.7 Å². The molecule has 0 bridgehead atoms. The SMILES string of the molecule is CCc1ccc(-c2nc(C)c(C(=O)N3CCC(C(=O)OC)CC3)s2)cc1. The zero-order chi connectivity index (χ0) is 18.7. The van der Waals surface area contributed by atoms with E-state index >= 15 is 0 Å². The van der Waals surface area contributed by atoms with E-state index in [4.69, 9.17) is 4.74 Å². The number of amides is 1. The molecule has 1 aromatic heterocycles. The fourth-order valence-corrected chi connectivity index (χ4v) is 4.27. The van der Waals surface area contributed by atoms with Gasteiger partial charge in [0.2, 0.25) is 0 Å². The van der Waals surface area contributed by atoms with Gasteiger partial charge < -0.3 is 9.64 Å². The summed E-state index contributed by atoms with van der Waals surface area (Å²) in [6, 6.07) is 8.33. The first-order chi connectivity index (χ1) is 12.5. The molecule has 0 spiro atoms. The minimum absolute atomic E-state index is 0.0137. The molecule has 2 aromatic rings. The molecule has 0 unspecified atom stereocenters. The molecule has 1 saturated heterocycles. The van der Waals surface area contributed by atoms with Crippen LogP contribution in [0.2, 0.25) is 0 Å². The van der Waals surface area contributed by atoms with Crippen LogP contribution in [0.3, 0.4) is 0 Å². The molecule has 6 heteroatoms. The van der Waals surface area contributed by atoms with Gasteiger partial charge in [-0.05, 0) is 31.7 Å². The lowest BCUT2D eigenvalue weighted by molar-refractivity contribution is -0.146. The van der Waals surface area contributed by atoms with Gasteiger partial charge in [-0.15, -0.1) is 11.3 Å². The summed E-state index contributed by atoms with van der Waals surface area (Å²) in [5.41, 5.74) is 3.09. The number of rotatable bonds is 4. The highest BCUT2D eigenvalue weighted by Crippen LogP contribution is 2.30. The average Bonchev–Trinajstić information content (AvgIpc) is 3.08. The summed E-state index contributed by atoms with van der Waals surface area (Å²) in [6.07, 6.45) is 2.31. The van der Waals surface area contributed by atoms with E-state index < -0.39 is 0 Å². The normalized spacial score (nSPS) is 15.1. The molecule has 0 N–H and O–H groups in total. The van der Waals surface area contributed by atoms with Crippen molar-refractivity contribution in [3.63, 3.8) is 0 Å². The number of hydrogen-bond donors (Lipinski definition) is 0. The Hall–Kier alpha value is -2.21. The van der Waals surface area contributed by atoms with Crippen molar-refractivity contribution in [1.29, 1.82) is 0 Å². The van der Waals surface area contributed by atoms with Gasteiger partial charge in [0, 0.05) is 18.7 Å². The zero-order valence-electron chi connectivity index (χ0n) is 15.4. The van der Waals surface area contributed by atoms with Crippen molar-refractivity contribution < 1.29 is 14.3 Å². The summed E-state index contributed by atoms with van der Waals surface area (Å²) < 4.78 is 4.81. The third kappa shape index (κ3) is 3.80. The van der Waals surface area contributed by atoms with Crippen molar-refractivity contribution >= 4 is 23.2 Å². The smallest absolute Gasteiger partial charge is 0.308 e. The number of piperidine rings is 1. The third-order valence-electron chi connectivity index (χ3n) is 4.92. The summed E-state index contributed by atoms with van der Waals surface area (Å²) >= 11 is 1.45. The number of thiazole rings is 1. The van der Waals surface area contributed by atoms with Crippen LogP contribution in [0.1, 0.15) is 40.7 Å². The number of aromatic nitrogens is 1. The van der Waals surface area contributed by atoms with E-state index in [2.05, 4.69) is 36.2 Å². The van der Waals surface area contributed by atoms with E-state index in [-0.39, 0.29) is 17.8 Å². The number of methoxy groups -OCH3 is 1. The molecule has 138 valence electrons. The lowest BCUT2D eigenvalue weighted by atomic mass is 9.97. The molecule has 0 aliphatic carbocycles. The fraction of sp³-hybridized carbons (Fsp3) is 0.450. The molecular weight excluding hydrogens is 348 g/mol. The van der Waals surface area contributed by atoms with E-state index in [0.717, 1.165) is 22.7 Å². The van der Waals surface area contributed by atoms with E-state index in [1.165, 1.54) is 24.0 Å². The zero-order valence-corrected chi connectivity index (χ0v) is 16.3. The van der Waals surface area contributed by atoms with Crippen LogP contribution in [0.4, 0.5) is 0 Å². The number of hydrogen-bond acceptors (Lipinski definition) is 5. The number of benzene rings is 1. The van der Waals surface area contributed by atoms with Crippen LogP contribution < -0.4 is 0 Å². The maximum absolute atomic E-state index is 12.9. The first-order valence-corrected chi connectivity index (χ1v) is 9.79. The minimum atomic E-state index is -0.177. The Morgan fingerprint density at radius 2 is 1.88 bits per heavy atom. The van der Waals surface area contributed by atoms with Gasteiger partial charge in [-0.2, -0.15) is 0 Å². The standard InChI is InChI=1S/C20H24N2O3S/c1-4-14-5-7-15(8-6-14)18-21-13(2)17(26-18)19(23)22-11-9-16(10-12-22)20(24)25-3/h5-8,16H,4,9-12H2,1-3H3. The highest BCUT2D eigenvalue weighted by Gasteiger charge is 2.30. The van der Waals surface area contributed by atoms with Gasteiger partial charge in [-0.3, -0.25) is 9.59 Å². The van der Waals surface area contributed by atoms with Gasteiger partial charge in [0.1, 0.15) is 9.88 Å². The Labute approximate surface area is 158 Å². The number of aryl methyl sites for hydroxylation is 2. The van der Waals surface area contributed by atoms with Gasteiger partial charge in [-0.1, -0.05) is 31.2 Å². The van der Waals surface area contributed by atoms with Gasteiger partial charge in [0.15, 0.2) is 0 Å². The number of carbonyl (C=O) groups is 2. The molecule has 1 aliphatic rings. The number of nitrogens with zero attached hydrogens (tertiary/aromatic N) is 2. The first kappa shape index (κ1) is 18.6. The monoisotopic (exact) mass is 372 g/mol. The largest absolute Gasteiger partial charge is 0.469 e. The predicted molar refractivity (Wildman–Crippen MR) is 102 cm³/mol. The second-order valence-corrected chi connectivity index (χ2v) is 7.57. The second kappa shape index (κ2) is 7.99. The van der Waals surface area contributed by atoms with Crippen LogP contribution in [0, 0.1) is 12.8 Å². The Morgan fingerprint density at radius 3 is 2.46 bits per heavy atom. The number of likely N-dealkylation sites (tertiary alicyclic amines) is 1. The Bertz CT molecular complexity index is 790. The summed E-state index contributed by atoms with van der Waals surface area (Å²) in [7, 11) is 1.41. The summed E-state index contributed by atoms with van der Waals surface area (Å²) in [5.74, 6) is -0.261. The molecule has 0 radical (unpaired) electrons. The molecule has 1 fully saturated rings. The van der Waals surface area contributed by atoms with Crippen molar-refractivity contribution in [2.75, 3.05) is 20.2 Å². The molecule has 1 amide bonds. The maximum atomic E-state index is 12.9. The topological polar surface area (TPSA) is 59.5 Å². The summed E-state index contributed by atoms with van der Waals surface area (Å²) in [4.78, 5) is 31.7. The second-order valence-electron chi connectivity index (χ2n) is 6.57. The molecule has 26 heavy (non-hydrogen) atoms. The van der Waals surface area contributed by atoms with E-state index in [0.29, 0.717) is 30.8 Å². The summed E-state index contributed by atoms with van der Waals surface area (Å²) in [5, 5.41) is 0.873. The molecule has 5 nitrogen and oxygen atoms in total. The van der Waals surface area contributed by atoms with Crippen molar-refractivity contribution in [3.8, 4) is 10.6 Å². The third-order valence-corrected chi connectivity index (χ3v) is 6.11. The van der Waals surface area contributed by atoms with Gasteiger partial charge in [-0.25, -0.2) is 4.98 Å². The first-order valence-electron chi connectivity index (χ1n) is 8.97. The van der Waals surface area contributed by atoms with E-state index in [1.807, 2.05) is 11.8 Å². The molecule has 0 saturated carbocycles. The molecule has 1 aromatic carbocycles. The average molecular weight is 372 g/mol. The van der Waals surface area contributed by atoms with Crippen LogP contribution in [0.25, 0.3) is 10.6 Å². The Balaban J connectivity index is 1.72. The van der Waals surface area contributed by atoms with Crippen molar-refractivity contribution in [3.05, 3.63) is 40.4 Å². The highest BCUT2D eigenvalue weighted by atomic mass is 32.1. The minimum Gasteiger partial charge on any atom is -0.469 e. The highest BCUT2D eigenvalue weighted by molar-refractivity contribution is 7.17. The van der Waals surface area contributed by atoms with Crippen LogP contribution in [-0.4, -0.2) is 42.0 Å². The molecular formula is C20H24N2O3S. The van der Waals surface area contributed by atoms with Crippen LogP contribution >= 0.6 is 11.3 Å². The molecule has 0 atom stereocenters. The predicted octanol–water partition coefficient (Wildman–Crippen LogP) is 3.71. The number of esters is 1. The Morgan fingerprint density at radius 1 is 1.23 bits per heavy atom. The molecule has 2 heterocycles. The van der Waals surface area contributed by atoms with Crippen LogP contribution in [0.15, 0.2) is 24.3 Å². The number of carbonyl (C=O) groups excluding carboxylic acids is 2. The lowest BCUT2D eigenvalue weighted by Gasteiger charge is -2.30. The Kier molecular flexibility index (Phi) is 5.71. The van der Waals surface area contributed by atoms with E-state index in [1.54, 1.807) is 0 Å². The van der Waals surface area contributed by atoms with Crippen LogP contribution in [0.5, 0.6) is 0 Å². The van der Waals surface area contributed by atoms with Gasteiger partial charge >= 0.3 is 5.97 Å².